The van der Waals surface area contributed by atoms with Crippen molar-refractivity contribution in [2.24, 2.45) is 17.4 Å². The molecular formula is C92H112Cl2N12O27. The number of ether oxygens (including phenoxy) is 7. The lowest BCUT2D eigenvalue weighted by molar-refractivity contribution is -0.277. The Morgan fingerprint density at radius 3 is 1.83 bits per heavy atom. The number of amides is 8. The Morgan fingerprint density at radius 1 is 0.534 bits per heavy atom. The summed E-state index contributed by atoms with van der Waals surface area (Å²) in [6, 6.07) is 6.48. The number of nitrogens with two attached hydrogens (primary N) is 2. The molecule has 15 rings (SSSR count). The second-order valence-corrected chi connectivity index (χ2v) is 34.8. The maximum atomic E-state index is 16.9. The molecule has 0 saturated carbocycles. The van der Waals surface area contributed by atoms with E-state index < -0.39 is 260 Å². The molecule has 2 saturated heterocycles. The zero-order chi connectivity index (χ0) is 95.3. The van der Waals surface area contributed by atoms with Gasteiger partial charge in [0.25, 0.3) is 0 Å². The van der Waals surface area contributed by atoms with Gasteiger partial charge in [-0.1, -0.05) is 106 Å². The summed E-state index contributed by atoms with van der Waals surface area (Å²) in [6.45, 7) is 4.52. The molecule has 0 radical (unpaired) electrons. The number of carbonyl (C=O) groups is 8. The average Bonchev–Trinajstić information content (AvgIpc) is 0.750. The molecule has 133 heavy (non-hydrogen) atoms. The number of aromatic hydroxyl groups is 4. The van der Waals surface area contributed by atoms with Crippen LogP contribution in [0.1, 0.15) is 160 Å². The standard InChI is InChI=1S/C92H112Cl2N12O27/c1-43(2)13-8-6-4-5-7-9-14-67(113)100-76-80(117)78(115)65(41-107)131-91(76)133-83-63-35-48-36-64(83)129-60-24-19-47(33-55(60)93)77(114)75-90(126)104-73(85(121)98-27-12-30-106(28-10-25-95)29-11-26-96)53-37-49(109)38-62(130-92-82(119)81(118)79(116)66(42-108)132-92)68(53)52-32-45(17-22-57(52)110)71(87(123)105-75)101-88(124)72(48)102-89(125)74-54-39-51(40-59(112)69(54)94)128-61-34-46(18-23-58(61)111)70(97-3)86(122)99-56(84(120)103-74)31-44-15-20-50(127-63)21-16-44/h15-24,32-40,43,56,65-66,70-82,91-92,97,107-112,114-119H,4-14,25-31,41-42,95-96H2,1-3H3,(H,98,121)(H,99,122)(H,100,113)(H,101,124)(H,102,125)(H,103,120)(H,104,126)(H,105,123)/t56-,65-,66-,70+,71-,72-,73+,74+,75+,76-,77-,78-,79-,80-,81+,82+,91+,92+/m1/s1. The summed E-state index contributed by atoms with van der Waals surface area (Å²) in [5, 5.41) is 163. The molecule has 17 bridgehead atoms. The number of aliphatic hydroxyl groups is 8. The quantitative estimate of drug-likeness (QED) is 0.0312. The molecule has 0 aromatic heterocycles. The van der Waals surface area contributed by atoms with E-state index in [0.717, 1.165) is 92.8 Å². The van der Waals surface area contributed by atoms with Crippen LogP contribution in [-0.2, 0) is 54.3 Å². The average molecular weight is 1890 g/mol. The van der Waals surface area contributed by atoms with Gasteiger partial charge < -0.3 is 159 Å². The monoisotopic (exact) mass is 1890 g/mol. The van der Waals surface area contributed by atoms with Crippen LogP contribution in [0.3, 0.4) is 0 Å². The Hall–Kier alpha value is -11.5. The smallest absolute Gasteiger partial charge is 0.248 e. The van der Waals surface area contributed by atoms with Crippen molar-refractivity contribution in [2.45, 2.75) is 201 Å². The van der Waals surface area contributed by atoms with Crippen molar-refractivity contribution in [3.8, 4) is 80.1 Å². The van der Waals surface area contributed by atoms with Crippen molar-refractivity contribution in [3.63, 3.8) is 0 Å². The first-order valence-corrected chi connectivity index (χ1v) is 44.8. The van der Waals surface area contributed by atoms with Crippen LogP contribution in [0.2, 0.25) is 10.0 Å². The lowest BCUT2D eigenvalue weighted by Gasteiger charge is -2.42. The third-order valence-corrected chi connectivity index (χ3v) is 24.7. The van der Waals surface area contributed by atoms with Crippen molar-refractivity contribution >= 4 is 70.5 Å². The largest absolute Gasteiger partial charge is 0.508 e. The summed E-state index contributed by atoms with van der Waals surface area (Å²) in [5.41, 5.74) is 9.26. The van der Waals surface area contributed by atoms with Crippen molar-refractivity contribution in [2.75, 3.05) is 59.5 Å². The summed E-state index contributed by atoms with van der Waals surface area (Å²) >= 11 is 14.4. The molecule has 18 atom stereocenters. The van der Waals surface area contributed by atoms with Crippen molar-refractivity contribution in [1.29, 1.82) is 0 Å². The Morgan fingerprint density at radius 2 is 1.14 bits per heavy atom. The van der Waals surface area contributed by atoms with E-state index in [2.05, 4.69) is 66.6 Å². The van der Waals surface area contributed by atoms with Gasteiger partial charge in [-0.05, 0) is 178 Å². The van der Waals surface area contributed by atoms with Crippen molar-refractivity contribution in [1.82, 2.24) is 52.8 Å². The van der Waals surface area contributed by atoms with E-state index in [1.807, 2.05) is 0 Å². The lowest BCUT2D eigenvalue weighted by atomic mass is 9.89. The van der Waals surface area contributed by atoms with Crippen LogP contribution < -0.4 is 83.0 Å². The molecule has 0 spiro atoms. The highest BCUT2D eigenvalue weighted by Gasteiger charge is 2.50. The van der Waals surface area contributed by atoms with Gasteiger partial charge in [0, 0.05) is 48.2 Å². The number of fused-ring (bicyclic) bond motifs is 14. The third-order valence-electron chi connectivity index (χ3n) is 24.0. The molecule has 0 aliphatic carbocycles. The van der Waals surface area contributed by atoms with Crippen molar-refractivity contribution < 1.29 is 133 Å². The van der Waals surface area contributed by atoms with E-state index in [0.29, 0.717) is 69.9 Å². The van der Waals surface area contributed by atoms with Crippen LogP contribution in [0, 0.1) is 5.92 Å². The van der Waals surface area contributed by atoms with E-state index in [9.17, 15) is 70.9 Å². The van der Waals surface area contributed by atoms with Crippen molar-refractivity contribution in [3.05, 3.63) is 164 Å². The lowest BCUT2D eigenvalue weighted by Crippen LogP contribution is -2.65. The molecule has 8 heterocycles. The predicted molar refractivity (Wildman–Crippen MR) is 477 cm³/mol. The zero-order valence-electron chi connectivity index (χ0n) is 72.9. The molecule has 716 valence electrons. The number of hydrogen-bond acceptors (Lipinski definition) is 31. The molecule has 7 aromatic carbocycles. The van der Waals surface area contributed by atoms with Gasteiger partial charge in [-0.3, -0.25) is 38.4 Å². The Bertz CT molecular complexity index is 5360. The van der Waals surface area contributed by atoms with E-state index in [-0.39, 0.29) is 59.9 Å². The summed E-state index contributed by atoms with van der Waals surface area (Å²) in [7, 11) is 1.44. The van der Waals surface area contributed by atoms with Gasteiger partial charge in [0.1, 0.15) is 137 Å². The second kappa shape index (κ2) is 44.6. The van der Waals surface area contributed by atoms with Gasteiger partial charge in [-0.2, -0.15) is 0 Å². The minimum atomic E-state index is -2.42. The van der Waals surface area contributed by atoms with Gasteiger partial charge in [-0.15, -0.1) is 0 Å². The molecule has 7 aromatic rings. The molecule has 8 amide bonds. The van der Waals surface area contributed by atoms with E-state index >= 15 is 28.8 Å². The van der Waals surface area contributed by atoms with Gasteiger partial charge in [-0.25, -0.2) is 0 Å². The first-order valence-electron chi connectivity index (χ1n) is 44.1. The molecule has 0 unspecified atom stereocenters. The fraction of sp³-hybridized carbons (Fsp3) is 0.457. The Kier molecular flexibility index (Phi) is 33.2. The highest BCUT2D eigenvalue weighted by molar-refractivity contribution is 6.33. The number of halogens is 2. The Balaban J connectivity index is 1.03. The van der Waals surface area contributed by atoms with Gasteiger partial charge in [0.2, 0.25) is 65.6 Å². The number of hydrogen-bond donors (Lipinski definition) is 23. The normalized spacial score (nSPS) is 25.4. The third kappa shape index (κ3) is 23.3. The molecule has 39 nitrogen and oxygen atoms in total. The first kappa shape index (κ1) is 99.0. The maximum absolute atomic E-state index is 16.9. The number of likely N-dealkylation sites (N-methyl/N-ethyl adjacent to an activating group) is 1. The van der Waals surface area contributed by atoms with Crippen LogP contribution in [-0.4, -0.2) is 246 Å². The van der Waals surface area contributed by atoms with Gasteiger partial charge in [0.05, 0.1) is 23.3 Å². The first-order chi connectivity index (χ1) is 63.8. The van der Waals surface area contributed by atoms with E-state index in [4.69, 9.17) is 67.8 Å². The molecular weight excluding hydrogens is 1780 g/mol. The summed E-state index contributed by atoms with van der Waals surface area (Å²) in [4.78, 5) is 128. The number of benzene rings is 7. The van der Waals surface area contributed by atoms with Crippen LogP contribution >= 0.6 is 23.2 Å². The number of unbranched alkanes of at least 4 members (excludes halogenated alkanes) is 5. The molecule has 2 fully saturated rings. The minimum Gasteiger partial charge on any atom is -0.508 e. The summed E-state index contributed by atoms with van der Waals surface area (Å²) in [5.74, 6) is -15.0. The molecule has 25 N–H and O–H groups in total. The molecule has 8 aliphatic heterocycles. The summed E-state index contributed by atoms with van der Waals surface area (Å²) in [6.07, 6.45) is -12.8. The summed E-state index contributed by atoms with van der Waals surface area (Å²) < 4.78 is 45.1. The topological polar surface area (TPSA) is 607 Å². The van der Waals surface area contributed by atoms with Crippen LogP contribution in [0.15, 0.2) is 115 Å². The van der Waals surface area contributed by atoms with E-state index in [1.165, 1.54) is 61.6 Å². The number of phenols is 4. The van der Waals surface area contributed by atoms with Crippen LogP contribution in [0.4, 0.5) is 0 Å². The van der Waals surface area contributed by atoms with E-state index in [1.54, 1.807) is 0 Å². The van der Waals surface area contributed by atoms with Crippen LogP contribution in [0.5, 0.6) is 69.0 Å². The number of nitrogens with one attached hydrogen (secondary N) is 9. The predicted octanol–water partition coefficient (Wildman–Crippen LogP) is 3.51. The van der Waals surface area contributed by atoms with Gasteiger partial charge in [0.15, 0.2) is 23.0 Å². The second-order valence-electron chi connectivity index (χ2n) is 34.0. The number of rotatable bonds is 28. The number of phenolic OH excluding ortho intramolecular Hbond substituents is 4. The molecule has 8 aliphatic rings. The maximum Gasteiger partial charge on any atom is 0.248 e. The Labute approximate surface area is 774 Å². The van der Waals surface area contributed by atoms with Crippen LogP contribution in [0.25, 0.3) is 11.1 Å². The number of aliphatic hydroxyl groups excluding tert-OH is 8. The number of carbonyl (C=O) groups excluding carboxylic acids is 8. The highest BCUT2D eigenvalue weighted by Crippen LogP contribution is 2.51. The fourth-order valence-electron chi connectivity index (χ4n) is 16.8. The number of nitrogens with zero attached hydrogens (tertiary/aromatic N) is 1. The zero-order valence-corrected chi connectivity index (χ0v) is 74.4. The molecule has 41 heteroatoms. The SMILES string of the molecule is CN[C@@H]1C(=O)N[C@@H]2Cc3ccc(cc3)Oc3cc4cc(c3O[C@@H]3O[C@H](CO)[C@@H](O)[C@H](O)[C@H]3NC(=O)CCCCCCCCC(C)C)Oc3ccc(cc3Cl)[C@@H](O)[C@@H]3NC(=O)[C@H](NC(=O)[C@@H]4NC(=O)[C@@H](NC2=O)c2cc(cc(O)c2Cl)Oc2cc1ccc2O)c1ccc(O)c(c1)-c1c(O[C@H]2O[C@H](CO)[C@@H](O)[C@H](O)[C@@H]2O)cc(O)cc1[C@@H](C(=O)NCCCN(CCCN)CCCN)NC3=O. The fourth-order valence-corrected chi connectivity index (χ4v) is 17.2. The highest BCUT2D eigenvalue weighted by atomic mass is 35.5. The van der Waals surface area contributed by atoms with Gasteiger partial charge >= 0.3 is 0 Å². The minimum absolute atomic E-state index is 0.0807.